The van der Waals surface area contributed by atoms with Crippen molar-refractivity contribution >= 4 is 0 Å². The topological polar surface area (TPSA) is 40.5 Å². The second kappa shape index (κ2) is 2.89. The summed E-state index contributed by atoms with van der Waals surface area (Å²) in [7, 11) is 0. The molecule has 10 heavy (non-hydrogen) atoms. The van der Waals surface area contributed by atoms with E-state index < -0.39 is 12.2 Å². The number of hydrogen-bond acceptors (Lipinski definition) is 2. The molecule has 0 heterocycles. The third-order valence-corrected chi connectivity index (χ3v) is 2.48. The van der Waals surface area contributed by atoms with Gasteiger partial charge in [-0.05, 0) is 24.7 Å². The van der Waals surface area contributed by atoms with E-state index in [1.54, 1.807) is 0 Å². The van der Waals surface area contributed by atoms with Crippen LogP contribution < -0.4 is 0 Å². The molecule has 60 valence electrons. The Morgan fingerprint density at radius 1 is 1.10 bits per heavy atom. The van der Waals surface area contributed by atoms with Gasteiger partial charge in [0.05, 0.1) is 12.2 Å². The summed E-state index contributed by atoms with van der Waals surface area (Å²) in [5, 5.41) is 18.3. The lowest BCUT2D eigenvalue weighted by atomic mass is 9.94. The van der Waals surface area contributed by atoms with Gasteiger partial charge in [0, 0.05) is 0 Å². The van der Waals surface area contributed by atoms with Crippen LogP contribution in [0.4, 0.5) is 0 Å². The summed E-state index contributed by atoms with van der Waals surface area (Å²) >= 11 is 0. The van der Waals surface area contributed by atoms with Gasteiger partial charge in [0.2, 0.25) is 0 Å². The predicted octanol–water partition coefficient (Wildman–Crippen LogP) is 0.774. The van der Waals surface area contributed by atoms with Gasteiger partial charge >= 0.3 is 0 Å². The summed E-state index contributed by atoms with van der Waals surface area (Å²) < 4.78 is 0. The first-order valence-corrected chi connectivity index (χ1v) is 3.97. The first-order chi connectivity index (χ1) is 4.61. The predicted molar refractivity (Wildman–Crippen MR) is 39.6 cm³/mol. The van der Waals surface area contributed by atoms with Gasteiger partial charge in [0.25, 0.3) is 0 Å². The number of aliphatic hydroxyl groups is 2. The van der Waals surface area contributed by atoms with Gasteiger partial charge in [-0.25, -0.2) is 0 Å². The van der Waals surface area contributed by atoms with Crippen molar-refractivity contribution < 1.29 is 10.2 Å². The van der Waals surface area contributed by atoms with Gasteiger partial charge in [-0.2, -0.15) is 0 Å². The van der Waals surface area contributed by atoms with Gasteiger partial charge in [0.15, 0.2) is 0 Å². The lowest BCUT2D eigenvalue weighted by molar-refractivity contribution is 0.0438. The van der Waals surface area contributed by atoms with Gasteiger partial charge in [-0.3, -0.25) is 0 Å². The van der Waals surface area contributed by atoms with Crippen LogP contribution in [0.15, 0.2) is 0 Å². The summed E-state index contributed by atoms with van der Waals surface area (Å²) in [5.74, 6) is 1.11. The van der Waals surface area contributed by atoms with E-state index in [4.69, 9.17) is 10.2 Å². The fourth-order valence-electron chi connectivity index (χ4n) is 1.58. The van der Waals surface area contributed by atoms with Crippen molar-refractivity contribution in [2.24, 2.45) is 11.8 Å². The molecule has 0 amide bonds. The Bertz CT molecular complexity index is 102. The van der Waals surface area contributed by atoms with Crippen LogP contribution in [0, 0.1) is 11.8 Å². The highest BCUT2D eigenvalue weighted by atomic mass is 16.3. The lowest BCUT2D eigenvalue weighted by Gasteiger charge is -2.11. The molecule has 0 saturated heterocycles. The van der Waals surface area contributed by atoms with Crippen LogP contribution in [0.1, 0.15) is 26.7 Å². The van der Waals surface area contributed by atoms with Crippen LogP contribution in [0.2, 0.25) is 0 Å². The van der Waals surface area contributed by atoms with Gasteiger partial charge in [-0.15, -0.1) is 0 Å². The minimum absolute atomic E-state index is 0.465. The maximum absolute atomic E-state index is 9.17. The van der Waals surface area contributed by atoms with Gasteiger partial charge in [0.1, 0.15) is 0 Å². The van der Waals surface area contributed by atoms with Crippen LogP contribution in [0.3, 0.4) is 0 Å². The highest BCUT2D eigenvalue weighted by Crippen LogP contribution is 2.31. The molecule has 1 aliphatic rings. The fraction of sp³-hybridized carbons (Fsp3) is 1.00. The summed E-state index contributed by atoms with van der Waals surface area (Å²) in [6, 6.07) is 0. The highest BCUT2D eigenvalue weighted by Gasteiger charge is 2.32. The zero-order chi connectivity index (χ0) is 7.72. The van der Waals surface area contributed by atoms with Crippen molar-refractivity contribution in [2.75, 3.05) is 0 Å². The van der Waals surface area contributed by atoms with E-state index in [1.807, 2.05) is 0 Å². The molecule has 2 atom stereocenters. The SMILES string of the molecule is CC(C)C1C[C@H](O)[C@@H](O)C1. The Hall–Kier alpha value is -0.0800. The zero-order valence-corrected chi connectivity index (χ0v) is 6.62. The van der Waals surface area contributed by atoms with Crippen LogP contribution in [-0.2, 0) is 0 Å². The number of rotatable bonds is 1. The van der Waals surface area contributed by atoms with Gasteiger partial charge in [-0.1, -0.05) is 13.8 Å². The van der Waals surface area contributed by atoms with E-state index in [9.17, 15) is 0 Å². The monoisotopic (exact) mass is 144 g/mol. The molecule has 0 aromatic carbocycles. The summed E-state index contributed by atoms with van der Waals surface area (Å²) in [6.45, 7) is 4.27. The average Bonchev–Trinajstić information content (AvgIpc) is 2.13. The smallest absolute Gasteiger partial charge is 0.0802 e. The normalized spacial score (nSPS) is 35.7. The Labute approximate surface area is 61.9 Å². The van der Waals surface area contributed by atoms with Crippen molar-refractivity contribution in [1.29, 1.82) is 0 Å². The molecule has 0 radical (unpaired) electrons. The molecule has 1 fully saturated rings. The molecule has 0 aromatic rings. The van der Waals surface area contributed by atoms with E-state index in [-0.39, 0.29) is 0 Å². The lowest BCUT2D eigenvalue weighted by Crippen LogP contribution is -2.17. The van der Waals surface area contributed by atoms with E-state index in [0.717, 1.165) is 12.8 Å². The molecule has 1 saturated carbocycles. The van der Waals surface area contributed by atoms with Crippen molar-refractivity contribution in [1.82, 2.24) is 0 Å². The second-order valence-corrected chi connectivity index (χ2v) is 3.61. The molecular formula is C8H16O2. The first-order valence-electron chi connectivity index (χ1n) is 3.97. The zero-order valence-electron chi connectivity index (χ0n) is 6.62. The molecule has 0 aliphatic heterocycles. The molecular weight excluding hydrogens is 128 g/mol. The molecule has 0 unspecified atom stereocenters. The first kappa shape index (κ1) is 8.02. The second-order valence-electron chi connectivity index (χ2n) is 3.61. The van der Waals surface area contributed by atoms with E-state index in [1.165, 1.54) is 0 Å². The Morgan fingerprint density at radius 2 is 1.50 bits per heavy atom. The molecule has 0 spiro atoms. The van der Waals surface area contributed by atoms with Crippen LogP contribution in [0.5, 0.6) is 0 Å². The van der Waals surface area contributed by atoms with Crippen molar-refractivity contribution in [2.45, 2.75) is 38.9 Å². The minimum atomic E-state index is -0.465. The van der Waals surface area contributed by atoms with Gasteiger partial charge < -0.3 is 10.2 Å². The highest BCUT2D eigenvalue weighted by molar-refractivity contribution is 4.83. The summed E-state index contributed by atoms with van der Waals surface area (Å²) in [5.41, 5.74) is 0. The molecule has 2 N–H and O–H groups in total. The molecule has 2 nitrogen and oxygen atoms in total. The fourth-order valence-corrected chi connectivity index (χ4v) is 1.58. The maximum Gasteiger partial charge on any atom is 0.0802 e. The van der Waals surface area contributed by atoms with Crippen LogP contribution in [-0.4, -0.2) is 22.4 Å². The standard InChI is InChI=1S/C8H16O2/c1-5(2)6-3-7(9)8(10)4-6/h5-10H,3-4H2,1-2H3/t7-,8-/m0/s1. The van der Waals surface area contributed by atoms with Crippen LogP contribution >= 0.6 is 0 Å². The van der Waals surface area contributed by atoms with Crippen molar-refractivity contribution in [3.05, 3.63) is 0 Å². The largest absolute Gasteiger partial charge is 0.390 e. The molecule has 1 rings (SSSR count). The summed E-state index contributed by atoms with van der Waals surface area (Å²) in [6.07, 6.45) is 0.622. The molecule has 0 aromatic heterocycles. The van der Waals surface area contributed by atoms with E-state index in [2.05, 4.69) is 13.8 Å². The third-order valence-electron chi connectivity index (χ3n) is 2.48. The van der Waals surface area contributed by atoms with E-state index in [0.29, 0.717) is 11.8 Å². The van der Waals surface area contributed by atoms with E-state index >= 15 is 0 Å². The maximum atomic E-state index is 9.17. The van der Waals surface area contributed by atoms with Crippen molar-refractivity contribution in [3.63, 3.8) is 0 Å². The third kappa shape index (κ3) is 1.50. The molecule has 1 aliphatic carbocycles. The Morgan fingerprint density at radius 3 is 1.70 bits per heavy atom. The quantitative estimate of drug-likeness (QED) is 0.570. The Kier molecular flexibility index (Phi) is 2.32. The van der Waals surface area contributed by atoms with Crippen molar-refractivity contribution in [3.8, 4) is 0 Å². The number of aliphatic hydroxyl groups excluding tert-OH is 2. The number of hydrogen-bond donors (Lipinski definition) is 2. The minimum Gasteiger partial charge on any atom is -0.390 e. The average molecular weight is 144 g/mol. The summed E-state index contributed by atoms with van der Waals surface area (Å²) in [4.78, 5) is 0. The Balaban J connectivity index is 2.41. The molecule has 2 heteroatoms. The molecule has 0 bridgehead atoms. The van der Waals surface area contributed by atoms with Crippen LogP contribution in [0.25, 0.3) is 0 Å².